The van der Waals surface area contributed by atoms with Crippen LogP contribution in [0.4, 0.5) is 0 Å². The molecule has 0 saturated carbocycles. The largest absolute Gasteiger partial charge is 0.451 e. The third-order valence-electron chi connectivity index (χ3n) is 5.54. The van der Waals surface area contributed by atoms with E-state index in [1.807, 2.05) is 19.1 Å². The lowest BCUT2D eigenvalue weighted by Crippen LogP contribution is -2.25. The van der Waals surface area contributed by atoms with E-state index in [0.717, 1.165) is 37.1 Å². The Balaban J connectivity index is 1.58. The molecule has 0 saturated heterocycles. The second-order valence-electron chi connectivity index (χ2n) is 7.81. The van der Waals surface area contributed by atoms with E-state index in [-0.39, 0.29) is 16.9 Å². The van der Waals surface area contributed by atoms with Gasteiger partial charge in [0.15, 0.2) is 6.10 Å². The lowest BCUT2D eigenvalue weighted by molar-refractivity contribution is 0.0319. The van der Waals surface area contributed by atoms with Crippen LogP contribution in [0.2, 0.25) is 0 Å². The third kappa shape index (κ3) is 3.90. The summed E-state index contributed by atoms with van der Waals surface area (Å²) < 4.78 is 7.14. The highest BCUT2D eigenvalue weighted by Gasteiger charge is 2.21. The summed E-state index contributed by atoms with van der Waals surface area (Å²) in [6.07, 6.45) is 2.88. The molecular weight excluding hydrogens is 380 g/mol. The number of hydrogen-bond acceptors (Lipinski definition) is 5. The van der Waals surface area contributed by atoms with Crippen LogP contribution in [-0.4, -0.2) is 27.4 Å². The fourth-order valence-corrected chi connectivity index (χ4v) is 3.78. The number of ketones is 1. The molecule has 2 aromatic carbocycles. The van der Waals surface area contributed by atoms with Crippen LogP contribution in [0.1, 0.15) is 58.3 Å². The summed E-state index contributed by atoms with van der Waals surface area (Å²) in [5, 5.41) is 0.487. The molecule has 154 valence electrons. The van der Waals surface area contributed by atoms with Crippen molar-refractivity contribution in [3.8, 4) is 0 Å². The van der Waals surface area contributed by atoms with Gasteiger partial charge in [0.05, 0.1) is 16.5 Å². The van der Waals surface area contributed by atoms with Gasteiger partial charge in [0.25, 0.3) is 5.56 Å². The second kappa shape index (κ2) is 8.22. The molecule has 0 fully saturated rings. The number of benzene rings is 2. The molecule has 1 aliphatic rings. The van der Waals surface area contributed by atoms with E-state index < -0.39 is 12.1 Å². The maximum atomic E-state index is 12.8. The predicted molar refractivity (Wildman–Crippen MR) is 114 cm³/mol. The van der Waals surface area contributed by atoms with Crippen LogP contribution in [0.3, 0.4) is 0 Å². The molecule has 0 spiro atoms. The lowest BCUT2D eigenvalue weighted by Gasteiger charge is -2.13. The Morgan fingerprint density at radius 3 is 2.53 bits per heavy atom. The SMILES string of the molecule is Cc1ccc(C(=O)[C@@H](C)OC(=O)c2ccc3c(=O)n4c(nc3c2)CCCCC4)cc1. The first-order valence-corrected chi connectivity index (χ1v) is 10.3. The maximum absolute atomic E-state index is 12.8. The zero-order chi connectivity index (χ0) is 21.3. The van der Waals surface area contributed by atoms with Crippen LogP contribution in [0.15, 0.2) is 47.3 Å². The maximum Gasteiger partial charge on any atom is 0.338 e. The molecule has 6 heteroatoms. The van der Waals surface area contributed by atoms with Crippen LogP contribution < -0.4 is 5.56 Å². The van der Waals surface area contributed by atoms with Gasteiger partial charge in [-0.25, -0.2) is 9.78 Å². The van der Waals surface area contributed by atoms with Crippen molar-refractivity contribution in [2.45, 2.75) is 52.2 Å². The molecule has 4 rings (SSSR count). The number of rotatable bonds is 4. The van der Waals surface area contributed by atoms with Gasteiger partial charge in [0.1, 0.15) is 5.82 Å². The highest BCUT2D eigenvalue weighted by molar-refractivity contribution is 6.02. The van der Waals surface area contributed by atoms with Crippen molar-refractivity contribution >= 4 is 22.7 Å². The van der Waals surface area contributed by atoms with E-state index in [1.165, 1.54) is 0 Å². The Morgan fingerprint density at radius 1 is 1.03 bits per heavy atom. The summed E-state index contributed by atoms with van der Waals surface area (Å²) in [5.74, 6) is -0.106. The van der Waals surface area contributed by atoms with Gasteiger partial charge in [-0.15, -0.1) is 0 Å². The summed E-state index contributed by atoms with van der Waals surface area (Å²) in [4.78, 5) is 42.6. The van der Waals surface area contributed by atoms with Crippen molar-refractivity contribution < 1.29 is 14.3 Å². The number of ether oxygens (including phenoxy) is 1. The molecule has 0 unspecified atom stereocenters. The number of aryl methyl sites for hydroxylation is 2. The minimum Gasteiger partial charge on any atom is -0.451 e. The molecule has 0 bridgehead atoms. The van der Waals surface area contributed by atoms with E-state index in [4.69, 9.17) is 4.74 Å². The number of fused-ring (bicyclic) bond motifs is 2. The molecule has 2 heterocycles. The summed E-state index contributed by atoms with van der Waals surface area (Å²) in [6, 6.07) is 11.9. The number of Topliss-reactive ketones (excluding diaryl/α,β-unsaturated/α-hetero) is 1. The first-order valence-electron chi connectivity index (χ1n) is 10.3. The molecule has 30 heavy (non-hydrogen) atoms. The van der Waals surface area contributed by atoms with Crippen LogP contribution >= 0.6 is 0 Å². The van der Waals surface area contributed by atoms with Crippen LogP contribution in [0, 0.1) is 6.92 Å². The van der Waals surface area contributed by atoms with Gasteiger partial charge >= 0.3 is 5.97 Å². The number of aromatic nitrogens is 2. The van der Waals surface area contributed by atoms with E-state index in [1.54, 1.807) is 41.8 Å². The molecule has 0 radical (unpaired) electrons. The number of carbonyl (C=O) groups excluding carboxylic acids is 2. The highest BCUT2D eigenvalue weighted by Crippen LogP contribution is 2.18. The van der Waals surface area contributed by atoms with E-state index in [2.05, 4.69) is 4.98 Å². The van der Waals surface area contributed by atoms with Crippen LogP contribution in [-0.2, 0) is 17.7 Å². The quantitative estimate of drug-likeness (QED) is 0.487. The van der Waals surface area contributed by atoms with Crippen LogP contribution in [0.5, 0.6) is 0 Å². The first kappa shape index (κ1) is 20.0. The molecule has 1 aromatic heterocycles. The van der Waals surface area contributed by atoms with Crippen molar-refractivity contribution in [1.82, 2.24) is 9.55 Å². The molecule has 1 atom stereocenters. The first-order chi connectivity index (χ1) is 14.4. The van der Waals surface area contributed by atoms with Gasteiger partial charge in [-0.1, -0.05) is 36.2 Å². The van der Waals surface area contributed by atoms with Gasteiger partial charge in [0, 0.05) is 18.5 Å². The molecule has 0 aliphatic carbocycles. The van der Waals surface area contributed by atoms with Gasteiger partial charge in [0.2, 0.25) is 5.78 Å². The second-order valence-corrected chi connectivity index (χ2v) is 7.81. The standard InChI is InChI=1S/C24H24N2O4/c1-15-7-9-17(10-8-15)22(27)16(2)30-24(29)18-11-12-19-20(14-18)25-21-6-4-3-5-13-26(21)23(19)28/h7-12,14,16H,3-6,13H2,1-2H3/t16-/m1/s1. The zero-order valence-corrected chi connectivity index (χ0v) is 17.2. The molecule has 3 aromatic rings. The van der Waals surface area contributed by atoms with Crippen molar-refractivity contribution in [2.75, 3.05) is 0 Å². The molecule has 0 N–H and O–H groups in total. The number of esters is 1. The highest BCUT2D eigenvalue weighted by atomic mass is 16.5. The van der Waals surface area contributed by atoms with Crippen molar-refractivity contribution in [1.29, 1.82) is 0 Å². The summed E-state index contributed by atoms with van der Waals surface area (Å²) >= 11 is 0. The van der Waals surface area contributed by atoms with E-state index >= 15 is 0 Å². The van der Waals surface area contributed by atoms with Crippen molar-refractivity contribution in [2.24, 2.45) is 0 Å². The van der Waals surface area contributed by atoms with E-state index in [0.29, 0.717) is 23.0 Å². The van der Waals surface area contributed by atoms with Gasteiger partial charge < -0.3 is 4.74 Å². The number of nitrogens with zero attached hydrogens (tertiary/aromatic N) is 2. The van der Waals surface area contributed by atoms with Gasteiger partial charge in [-0.05, 0) is 44.9 Å². The molecule has 6 nitrogen and oxygen atoms in total. The Kier molecular flexibility index (Phi) is 5.48. The fourth-order valence-electron chi connectivity index (χ4n) is 3.78. The van der Waals surface area contributed by atoms with Gasteiger partial charge in [-0.2, -0.15) is 0 Å². The van der Waals surface area contributed by atoms with Crippen LogP contribution in [0.25, 0.3) is 10.9 Å². The predicted octanol–water partition coefficient (Wildman–Crippen LogP) is 3.86. The molecular formula is C24H24N2O4. The number of hydrogen-bond donors (Lipinski definition) is 0. The van der Waals surface area contributed by atoms with Crippen molar-refractivity contribution in [3.05, 3.63) is 75.3 Å². The van der Waals surface area contributed by atoms with E-state index in [9.17, 15) is 14.4 Å². The van der Waals surface area contributed by atoms with Gasteiger partial charge in [-0.3, -0.25) is 14.2 Å². The summed E-state index contributed by atoms with van der Waals surface area (Å²) in [7, 11) is 0. The zero-order valence-electron chi connectivity index (χ0n) is 17.2. The Morgan fingerprint density at radius 2 is 1.77 bits per heavy atom. The minimum absolute atomic E-state index is 0.0697. The normalized spacial score (nSPS) is 14.6. The minimum atomic E-state index is -0.915. The topological polar surface area (TPSA) is 78.3 Å². The third-order valence-corrected chi connectivity index (χ3v) is 5.54. The monoisotopic (exact) mass is 404 g/mol. The smallest absolute Gasteiger partial charge is 0.338 e. The molecule has 1 aliphatic heterocycles. The lowest BCUT2D eigenvalue weighted by atomic mass is 10.1. The Hall–Kier alpha value is -3.28. The summed E-state index contributed by atoms with van der Waals surface area (Å²) in [5.41, 5.74) is 2.24. The average Bonchev–Trinajstić information content (AvgIpc) is 2.99. The number of carbonyl (C=O) groups is 2. The average molecular weight is 404 g/mol. The Bertz CT molecular complexity index is 1180. The fraction of sp³-hybridized carbons (Fsp3) is 0.333. The molecule has 0 amide bonds. The Labute approximate surface area is 174 Å². The summed E-state index contributed by atoms with van der Waals surface area (Å²) in [6.45, 7) is 4.18. The van der Waals surface area contributed by atoms with Crippen molar-refractivity contribution in [3.63, 3.8) is 0 Å².